The molecule has 0 bridgehead atoms. The van der Waals surface area contributed by atoms with Gasteiger partial charge in [-0.15, -0.1) is 0 Å². The van der Waals surface area contributed by atoms with Crippen LogP contribution in [0, 0.1) is 0 Å². The van der Waals surface area contributed by atoms with Crippen molar-refractivity contribution in [2.75, 3.05) is 11.9 Å². The van der Waals surface area contributed by atoms with Crippen LogP contribution < -0.4 is 5.32 Å². The maximum atomic E-state index is 13.0. The zero-order valence-electron chi connectivity index (χ0n) is 13.4. The minimum absolute atomic E-state index is 0.124. The number of esters is 1. The standard InChI is InChI=1S/C17H11ClF3N3O3/c18-11-3-4-13(12(6-11)17(19,20)21)23-15(25)8-27-16(26)9-1-2-10-7-22-24-14(10)5-9/h1-7H,8H2,(H,22,24)(H,23,25). The molecule has 3 aromatic rings. The Bertz CT molecular complexity index is 1020. The van der Waals surface area contributed by atoms with E-state index in [0.717, 1.165) is 11.5 Å². The number of aromatic amines is 1. The highest BCUT2D eigenvalue weighted by Gasteiger charge is 2.34. The van der Waals surface area contributed by atoms with Gasteiger partial charge in [0.05, 0.1) is 28.5 Å². The highest BCUT2D eigenvalue weighted by atomic mass is 35.5. The average Bonchev–Trinajstić information content (AvgIpc) is 3.08. The monoisotopic (exact) mass is 397 g/mol. The summed E-state index contributed by atoms with van der Waals surface area (Å²) in [6.07, 6.45) is -3.13. The minimum atomic E-state index is -4.70. The summed E-state index contributed by atoms with van der Waals surface area (Å²) in [4.78, 5) is 23.9. The van der Waals surface area contributed by atoms with Gasteiger partial charge in [0.25, 0.3) is 5.91 Å². The summed E-state index contributed by atoms with van der Waals surface area (Å²) in [6.45, 7) is -0.750. The Morgan fingerprint density at radius 3 is 2.70 bits per heavy atom. The Morgan fingerprint density at radius 1 is 1.19 bits per heavy atom. The summed E-state index contributed by atoms with van der Waals surface area (Å²) in [5, 5.41) is 9.22. The number of rotatable bonds is 4. The van der Waals surface area contributed by atoms with Crippen molar-refractivity contribution in [1.82, 2.24) is 10.2 Å². The van der Waals surface area contributed by atoms with Crippen LogP contribution in [0.25, 0.3) is 10.9 Å². The van der Waals surface area contributed by atoms with Crippen molar-refractivity contribution in [3.63, 3.8) is 0 Å². The van der Waals surface area contributed by atoms with Gasteiger partial charge in [-0.3, -0.25) is 9.89 Å². The molecule has 0 spiro atoms. The van der Waals surface area contributed by atoms with E-state index in [1.54, 1.807) is 12.3 Å². The fraction of sp³-hybridized carbons (Fsp3) is 0.118. The van der Waals surface area contributed by atoms with E-state index < -0.39 is 35.9 Å². The number of nitrogens with one attached hydrogen (secondary N) is 2. The number of benzene rings is 2. The van der Waals surface area contributed by atoms with Gasteiger partial charge < -0.3 is 10.1 Å². The van der Waals surface area contributed by atoms with Crippen molar-refractivity contribution >= 4 is 40.1 Å². The average molecular weight is 398 g/mol. The summed E-state index contributed by atoms with van der Waals surface area (Å²) in [5.41, 5.74) is -0.807. The van der Waals surface area contributed by atoms with Gasteiger partial charge in [0.15, 0.2) is 6.61 Å². The van der Waals surface area contributed by atoms with Crippen LogP contribution in [0.4, 0.5) is 18.9 Å². The molecule has 1 heterocycles. The van der Waals surface area contributed by atoms with E-state index in [9.17, 15) is 22.8 Å². The van der Waals surface area contributed by atoms with Crippen LogP contribution in [0.2, 0.25) is 5.02 Å². The van der Waals surface area contributed by atoms with Gasteiger partial charge >= 0.3 is 12.1 Å². The topological polar surface area (TPSA) is 84.1 Å². The number of H-pyrrole nitrogens is 1. The van der Waals surface area contributed by atoms with E-state index in [-0.39, 0.29) is 10.6 Å². The van der Waals surface area contributed by atoms with Crippen LogP contribution >= 0.6 is 11.6 Å². The van der Waals surface area contributed by atoms with Crippen molar-refractivity contribution in [3.8, 4) is 0 Å². The Labute approximate surface area is 155 Å². The fourth-order valence-corrected chi connectivity index (χ4v) is 2.50. The number of aromatic nitrogens is 2. The molecule has 0 aliphatic heterocycles. The molecule has 140 valence electrons. The smallest absolute Gasteiger partial charge is 0.418 e. The van der Waals surface area contributed by atoms with Gasteiger partial charge in [-0.1, -0.05) is 17.7 Å². The van der Waals surface area contributed by atoms with Gasteiger partial charge in [-0.2, -0.15) is 18.3 Å². The summed E-state index contributed by atoms with van der Waals surface area (Å²) in [6, 6.07) is 7.54. The first kappa shape index (κ1) is 18.7. The number of hydrogen-bond acceptors (Lipinski definition) is 4. The highest BCUT2D eigenvalue weighted by molar-refractivity contribution is 6.30. The lowest BCUT2D eigenvalue weighted by atomic mass is 10.1. The van der Waals surface area contributed by atoms with Gasteiger partial charge in [0.2, 0.25) is 0 Å². The number of amides is 1. The van der Waals surface area contributed by atoms with Crippen LogP contribution in [0.1, 0.15) is 15.9 Å². The van der Waals surface area contributed by atoms with Crippen LogP contribution in [-0.2, 0) is 15.7 Å². The van der Waals surface area contributed by atoms with Crippen molar-refractivity contribution in [2.45, 2.75) is 6.18 Å². The second-order valence-corrected chi connectivity index (χ2v) is 5.92. The van der Waals surface area contributed by atoms with Crippen molar-refractivity contribution in [1.29, 1.82) is 0 Å². The first-order chi connectivity index (χ1) is 12.7. The number of anilines is 1. The number of alkyl halides is 3. The molecule has 10 heteroatoms. The second-order valence-electron chi connectivity index (χ2n) is 5.48. The molecular formula is C17H11ClF3N3O3. The largest absolute Gasteiger partial charge is 0.452 e. The van der Waals surface area contributed by atoms with Gasteiger partial charge in [-0.25, -0.2) is 4.79 Å². The zero-order chi connectivity index (χ0) is 19.6. The molecule has 0 unspecified atom stereocenters. The Morgan fingerprint density at radius 2 is 1.96 bits per heavy atom. The Hall–Kier alpha value is -3.07. The third-order valence-electron chi connectivity index (χ3n) is 3.57. The molecule has 2 N–H and O–H groups in total. The quantitative estimate of drug-likeness (QED) is 0.651. The van der Waals surface area contributed by atoms with Gasteiger partial charge in [0.1, 0.15) is 0 Å². The number of carbonyl (C=O) groups excluding carboxylic acids is 2. The van der Waals surface area contributed by atoms with Crippen molar-refractivity contribution in [2.24, 2.45) is 0 Å². The molecule has 2 aromatic carbocycles. The first-order valence-corrected chi connectivity index (χ1v) is 7.89. The van der Waals surface area contributed by atoms with Crippen LogP contribution in [0.3, 0.4) is 0 Å². The molecule has 0 fully saturated rings. The highest BCUT2D eigenvalue weighted by Crippen LogP contribution is 2.36. The van der Waals surface area contributed by atoms with E-state index >= 15 is 0 Å². The van der Waals surface area contributed by atoms with E-state index in [4.69, 9.17) is 16.3 Å². The second kappa shape index (κ2) is 7.28. The maximum Gasteiger partial charge on any atom is 0.418 e. The molecular weight excluding hydrogens is 387 g/mol. The predicted molar refractivity (Wildman–Crippen MR) is 91.5 cm³/mol. The van der Waals surface area contributed by atoms with Crippen LogP contribution in [0.15, 0.2) is 42.6 Å². The van der Waals surface area contributed by atoms with E-state index in [0.29, 0.717) is 11.6 Å². The first-order valence-electron chi connectivity index (χ1n) is 7.51. The number of fused-ring (bicyclic) bond motifs is 1. The molecule has 0 saturated heterocycles. The molecule has 1 amide bonds. The summed E-state index contributed by atoms with van der Waals surface area (Å²) >= 11 is 5.57. The predicted octanol–water partition coefficient (Wildman–Crippen LogP) is 4.03. The lowest BCUT2D eigenvalue weighted by molar-refractivity contribution is -0.137. The van der Waals surface area contributed by atoms with E-state index in [1.165, 1.54) is 18.2 Å². The van der Waals surface area contributed by atoms with Gasteiger partial charge in [0, 0.05) is 10.4 Å². The number of carbonyl (C=O) groups is 2. The summed E-state index contributed by atoms with van der Waals surface area (Å²) in [7, 11) is 0. The number of ether oxygens (including phenoxy) is 1. The van der Waals surface area contributed by atoms with Crippen LogP contribution in [0.5, 0.6) is 0 Å². The number of halogens is 4. The molecule has 1 aromatic heterocycles. The van der Waals surface area contributed by atoms with E-state index in [1.807, 2.05) is 0 Å². The fourth-order valence-electron chi connectivity index (χ4n) is 2.32. The molecule has 6 nitrogen and oxygen atoms in total. The Kier molecular flexibility index (Phi) is 5.04. The lowest BCUT2D eigenvalue weighted by Gasteiger charge is -2.14. The SMILES string of the molecule is O=C(COC(=O)c1ccc2cn[nH]c2c1)Nc1ccc(Cl)cc1C(F)(F)F. The molecule has 0 aliphatic carbocycles. The molecule has 0 aliphatic rings. The maximum absolute atomic E-state index is 13.0. The van der Waals surface area contributed by atoms with Crippen molar-refractivity contribution in [3.05, 3.63) is 58.7 Å². The minimum Gasteiger partial charge on any atom is -0.452 e. The van der Waals surface area contributed by atoms with Crippen LogP contribution in [-0.4, -0.2) is 28.7 Å². The molecule has 27 heavy (non-hydrogen) atoms. The molecule has 0 radical (unpaired) electrons. The third-order valence-corrected chi connectivity index (χ3v) is 3.81. The number of hydrogen-bond donors (Lipinski definition) is 2. The molecule has 3 rings (SSSR count). The number of nitrogens with zero attached hydrogens (tertiary/aromatic N) is 1. The lowest BCUT2D eigenvalue weighted by Crippen LogP contribution is -2.22. The van der Waals surface area contributed by atoms with Crippen molar-refractivity contribution < 1.29 is 27.5 Å². The molecule has 0 saturated carbocycles. The van der Waals surface area contributed by atoms with E-state index in [2.05, 4.69) is 15.5 Å². The molecule has 0 atom stereocenters. The third kappa shape index (κ3) is 4.37. The zero-order valence-corrected chi connectivity index (χ0v) is 14.2. The van der Waals surface area contributed by atoms with Gasteiger partial charge in [-0.05, 0) is 30.3 Å². The summed E-state index contributed by atoms with van der Waals surface area (Å²) < 4.78 is 43.9. The normalized spacial score (nSPS) is 11.4. The Balaban J connectivity index is 1.65. The summed E-state index contributed by atoms with van der Waals surface area (Å²) in [5.74, 6) is -1.72.